The lowest BCUT2D eigenvalue weighted by molar-refractivity contribution is -0.140. The number of piperidine rings is 3. The highest BCUT2D eigenvalue weighted by Crippen LogP contribution is 2.30. The summed E-state index contributed by atoms with van der Waals surface area (Å²) in [5.74, 6) is -2.72. The highest BCUT2D eigenvalue weighted by molar-refractivity contribution is 5.90. The summed E-state index contributed by atoms with van der Waals surface area (Å²) in [7, 11) is 0. The lowest BCUT2D eigenvalue weighted by Crippen LogP contribution is -2.57. The van der Waals surface area contributed by atoms with Crippen LogP contribution in [0.5, 0.6) is 0 Å². The fraction of sp³-hybridized carbons (Fsp3) is 0.615. The third-order valence-corrected chi connectivity index (χ3v) is 4.22. The molecule has 0 spiro atoms. The zero-order chi connectivity index (χ0) is 15.9. The third kappa shape index (κ3) is 2.90. The molecule has 0 aliphatic carbocycles. The molecule has 1 atom stereocenters. The molecule has 9 heteroatoms. The van der Waals surface area contributed by atoms with E-state index in [1.165, 1.54) is 0 Å². The molecular formula is C13H14F4N4O. The third-order valence-electron chi connectivity index (χ3n) is 4.22. The minimum atomic E-state index is -4.88. The minimum Gasteiger partial charge on any atom is -0.345 e. The predicted molar refractivity (Wildman–Crippen MR) is 67.4 cm³/mol. The summed E-state index contributed by atoms with van der Waals surface area (Å²) < 4.78 is 50.7. The van der Waals surface area contributed by atoms with Gasteiger partial charge in [0.2, 0.25) is 11.8 Å². The molecule has 0 saturated carbocycles. The number of rotatable bonds is 2. The number of carbonyl (C=O) groups excluding carboxylic acids is 1. The van der Waals surface area contributed by atoms with E-state index in [0.29, 0.717) is 18.7 Å². The molecule has 1 aromatic rings. The molecule has 3 fully saturated rings. The molecule has 1 unspecified atom stereocenters. The second-order valence-corrected chi connectivity index (χ2v) is 5.61. The topological polar surface area (TPSA) is 58.1 Å². The Balaban J connectivity index is 1.71. The van der Waals surface area contributed by atoms with Crippen LogP contribution in [0, 0.1) is 11.9 Å². The molecule has 1 amide bonds. The average molecular weight is 318 g/mol. The van der Waals surface area contributed by atoms with Gasteiger partial charge in [-0.2, -0.15) is 22.5 Å². The van der Waals surface area contributed by atoms with Gasteiger partial charge in [-0.3, -0.25) is 4.79 Å². The van der Waals surface area contributed by atoms with Crippen LogP contribution in [0.15, 0.2) is 6.20 Å². The Morgan fingerprint density at radius 3 is 2.50 bits per heavy atom. The van der Waals surface area contributed by atoms with Crippen molar-refractivity contribution in [2.45, 2.75) is 25.1 Å². The number of hydrogen-bond acceptors (Lipinski definition) is 4. The van der Waals surface area contributed by atoms with Crippen LogP contribution in [0.3, 0.4) is 0 Å². The van der Waals surface area contributed by atoms with E-state index < -0.39 is 29.4 Å². The molecule has 4 rings (SSSR count). The first kappa shape index (κ1) is 15.1. The molecule has 120 valence electrons. The molecule has 3 aliphatic heterocycles. The smallest absolute Gasteiger partial charge is 0.345 e. The van der Waals surface area contributed by atoms with E-state index in [-0.39, 0.29) is 6.04 Å². The van der Waals surface area contributed by atoms with Gasteiger partial charge in [-0.15, -0.1) is 0 Å². The van der Waals surface area contributed by atoms with Crippen molar-refractivity contribution >= 4 is 5.91 Å². The number of alkyl halides is 3. The van der Waals surface area contributed by atoms with Gasteiger partial charge in [-0.25, -0.2) is 4.98 Å². The average Bonchev–Trinajstić information content (AvgIpc) is 2.47. The van der Waals surface area contributed by atoms with Gasteiger partial charge >= 0.3 is 6.18 Å². The minimum absolute atomic E-state index is 0.0936. The number of nitrogens with one attached hydrogen (secondary N) is 1. The Hall–Kier alpha value is -1.77. The highest BCUT2D eigenvalue weighted by atomic mass is 19.4. The maximum atomic E-state index is 13.4. The molecule has 0 radical (unpaired) electrons. The van der Waals surface area contributed by atoms with E-state index in [0.717, 1.165) is 25.9 Å². The van der Waals surface area contributed by atoms with Crippen molar-refractivity contribution in [2.24, 2.45) is 5.92 Å². The Kier molecular flexibility index (Phi) is 3.75. The molecule has 3 saturated heterocycles. The summed E-state index contributed by atoms with van der Waals surface area (Å²) in [6, 6.07) is -0.0936. The second-order valence-electron chi connectivity index (χ2n) is 5.61. The van der Waals surface area contributed by atoms with Crippen LogP contribution in [-0.4, -0.2) is 46.5 Å². The van der Waals surface area contributed by atoms with Gasteiger partial charge < -0.3 is 10.2 Å². The summed E-state index contributed by atoms with van der Waals surface area (Å²) in [5.41, 5.74) is -1.58. The normalized spacial score (nSPS) is 27.7. The van der Waals surface area contributed by atoms with Crippen LogP contribution < -0.4 is 5.32 Å². The van der Waals surface area contributed by atoms with E-state index in [9.17, 15) is 22.4 Å². The Labute approximate surface area is 123 Å². The fourth-order valence-electron chi connectivity index (χ4n) is 3.02. The summed E-state index contributed by atoms with van der Waals surface area (Å²) >= 11 is 0. The number of carbonyl (C=O) groups is 1. The van der Waals surface area contributed by atoms with E-state index in [2.05, 4.69) is 20.2 Å². The Bertz CT molecular complexity index is 584. The van der Waals surface area contributed by atoms with E-state index in [1.54, 1.807) is 0 Å². The van der Waals surface area contributed by atoms with Crippen molar-refractivity contribution in [1.82, 2.24) is 20.2 Å². The van der Waals surface area contributed by atoms with Gasteiger partial charge in [0.05, 0.1) is 0 Å². The van der Waals surface area contributed by atoms with E-state index in [1.807, 2.05) is 0 Å². The molecule has 2 bridgehead atoms. The standard InChI is InChI=1S/C13H14F4N4O/c14-10-8(13(15,16)17)5-18-11(20-10)12(22)19-9-6-21-3-1-7(9)2-4-21/h5,7,9H,1-4,6H2,(H,19,22). The Morgan fingerprint density at radius 1 is 1.32 bits per heavy atom. The molecule has 22 heavy (non-hydrogen) atoms. The summed E-state index contributed by atoms with van der Waals surface area (Å²) in [6.45, 7) is 2.67. The zero-order valence-corrected chi connectivity index (χ0v) is 11.5. The predicted octanol–water partition coefficient (Wildman–Crippen LogP) is 1.46. The molecule has 4 heterocycles. The fourth-order valence-corrected chi connectivity index (χ4v) is 3.02. The summed E-state index contributed by atoms with van der Waals surface area (Å²) in [5, 5.41) is 2.70. The molecule has 5 nitrogen and oxygen atoms in total. The van der Waals surface area contributed by atoms with Crippen molar-refractivity contribution in [2.75, 3.05) is 19.6 Å². The number of nitrogens with zero attached hydrogens (tertiary/aromatic N) is 3. The van der Waals surface area contributed by atoms with Crippen molar-refractivity contribution in [3.05, 3.63) is 23.5 Å². The van der Waals surface area contributed by atoms with Crippen LogP contribution in [0.4, 0.5) is 17.6 Å². The largest absolute Gasteiger partial charge is 0.422 e. The van der Waals surface area contributed by atoms with Gasteiger partial charge in [0.1, 0.15) is 5.56 Å². The van der Waals surface area contributed by atoms with E-state index >= 15 is 0 Å². The van der Waals surface area contributed by atoms with Crippen LogP contribution in [0.1, 0.15) is 29.0 Å². The lowest BCUT2D eigenvalue weighted by atomic mass is 9.84. The maximum absolute atomic E-state index is 13.4. The highest BCUT2D eigenvalue weighted by Gasteiger charge is 2.37. The first-order valence-electron chi connectivity index (χ1n) is 6.97. The van der Waals surface area contributed by atoms with Gasteiger partial charge in [-0.1, -0.05) is 0 Å². The lowest BCUT2D eigenvalue weighted by Gasteiger charge is -2.44. The van der Waals surface area contributed by atoms with Gasteiger partial charge in [-0.05, 0) is 31.8 Å². The monoisotopic (exact) mass is 318 g/mol. The maximum Gasteiger partial charge on any atom is 0.422 e. The molecule has 0 aromatic carbocycles. The molecule has 1 N–H and O–H groups in total. The number of aromatic nitrogens is 2. The second kappa shape index (κ2) is 5.45. The van der Waals surface area contributed by atoms with Gasteiger partial charge in [0, 0.05) is 18.8 Å². The number of hydrogen-bond donors (Lipinski definition) is 1. The summed E-state index contributed by atoms with van der Waals surface area (Å²) in [6.07, 6.45) is -2.65. The Morgan fingerprint density at radius 2 is 2.00 bits per heavy atom. The van der Waals surface area contributed by atoms with Crippen molar-refractivity contribution in [1.29, 1.82) is 0 Å². The van der Waals surface area contributed by atoms with Gasteiger partial charge in [0.15, 0.2) is 0 Å². The van der Waals surface area contributed by atoms with Crippen molar-refractivity contribution in [3.8, 4) is 0 Å². The SMILES string of the molecule is O=C(NC1CN2CCC1CC2)c1ncc(C(F)(F)F)c(F)n1. The van der Waals surface area contributed by atoms with Crippen LogP contribution >= 0.6 is 0 Å². The van der Waals surface area contributed by atoms with Crippen LogP contribution in [0.2, 0.25) is 0 Å². The van der Waals surface area contributed by atoms with Crippen LogP contribution in [-0.2, 0) is 6.18 Å². The van der Waals surface area contributed by atoms with Gasteiger partial charge in [0.25, 0.3) is 5.91 Å². The van der Waals surface area contributed by atoms with E-state index in [4.69, 9.17) is 0 Å². The first-order chi connectivity index (χ1) is 10.3. The quantitative estimate of drug-likeness (QED) is 0.662. The zero-order valence-electron chi connectivity index (χ0n) is 11.5. The first-order valence-corrected chi connectivity index (χ1v) is 6.97. The molecule has 1 aromatic heterocycles. The van der Waals surface area contributed by atoms with Crippen molar-refractivity contribution in [3.63, 3.8) is 0 Å². The molecular weight excluding hydrogens is 304 g/mol. The number of fused-ring (bicyclic) bond motifs is 3. The number of halogens is 4. The summed E-state index contributed by atoms with van der Waals surface area (Å²) in [4.78, 5) is 20.6. The number of amides is 1. The van der Waals surface area contributed by atoms with Crippen molar-refractivity contribution < 1.29 is 22.4 Å². The van der Waals surface area contributed by atoms with Crippen LogP contribution in [0.25, 0.3) is 0 Å². The molecule has 3 aliphatic rings.